The third-order valence-electron chi connectivity index (χ3n) is 3.77. The molecule has 0 aliphatic carbocycles. The van der Waals surface area contributed by atoms with Gasteiger partial charge in [-0.1, -0.05) is 6.58 Å². The molecule has 2 rings (SSSR count). The molecule has 20 heavy (non-hydrogen) atoms. The van der Waals surface area contributed by atoms with E-state index < -0.39 is 11.7 Å². The maximum Gasteiger partial charge on any atom is 0.281 e. The van der Waals surface area contributed by atoms with Crippen molar-refractivity contribution in [2.24, 2.45) is 5.92 Å². The lowest BCUT2D eigenvalue weighted by molar-refractivity contribution is -0.127. The molecule has 0 unspecified atom stereocenters. The minimum Gasteiger partial charge on any atom is -0.396 e. The molecular weight excluding hydrogens is 261 g/mol. The predicted octanol–water partition coefficient (Wildman–Crippen LogP) is 1.48. The van der Waals surface area contributed by atoms with Crippen molar-refractivity contribution in [1.29, 1.82) is 0 Å². The van der Waals surface area contributed by atoms with Gasteiger partial charge in [-0.05, 0) is 19.4 Å². The van der Waals surface area contributed by atoms with E-state index in [1.807, 2.05) is 24.7 Å². The van der Waals surface area contributed by atoms with Crippen LogP contribution in [0.4, 0.5) is 4.39 Å². The van der Waals surface area contributed by atoms with Gasteiger partial charge in [-0.25, -0.2) is 4.39 Å². The maximum absolute atomic E-state index is 13.0. The van der Waals surface area contributed by atoms with Gasteiger partial charge < -0.3 is 10.0 Å². The SMILES string of the molecule is C=C(F)C(=O)N1C[C@@H](CO)[C@H](c2cnn(C(C)C)c2)C1. The summed E-state index contributed by atoms with van der Waals surface area (Å²) in [6, 6.07) is 0.251. The number of halogens is 1. The number of nitrogens with zero attached hydrogens (tertiary/aromatic N) is 3. The van der Waals surface area contributed by atoms with Gasteiger partial charge in [0.2, 0.25) is 0 Å². The summed E-state index contributed by atoms with van der Waals surface area (Å²) in [5.74, 6) is -1.76. The number of aliphatic hydroxyl groups is 1. The smallest absolute Gasteiger partial charge is 0.281 e. The number of rotatable bonds is 4. The Labute approximate surface area is 117 Å². The molecule has 2 atom stereocenters. The summed E-state index contributed by atoms with van der Waals surface area (Å²) < 4.78 is 14.8. The Kier molecular flexibility index (Phi) is 4.23. The highest BCUT2D eigenvalue weighted by Crippen LogP contribution is 2.33. The van der Waals surface area contributed by atoms with Crippen LogP contribution in [0.15, 0.2) is 24.8 Å². The van der Waals surface area contributed by atoms with Gasteiger partial charge in [0.25, 0.3) is 5.91 Å². The van der Waals surface area contributed by atoms with E-state index in [4.69, 9.17) is 0 Å². The average molecular weight is 281 g/mol. The van der Waals surface area contributed by atoms with Gasteiger partial charge in [0.05, 0.1) is 6.20 Å². The maximum atomic E-state index is 13.0. The van der Waals surface area contributed by atoms with Crippen LogP contribution in [0.5, 0.6) is 0 Å². The number of hydrogen-bond acceptors (Lipinski definition) is 3. The van der Waals surface area contributed by atoms with Crippen LogP contribution in [0, 0.1) is 5.92 Å². The van der Waals surface area contributed by atoms with Crippen molar-refractivity contribution in [3.05, 3.63) is 30.4 Å². The Hall–Kier alpha value is -1.69. The first-order valence-electron chi connectivity index (χ1n) is 6.72. The standard InChI is InChI=1S/C14H20FN3O2/c1-9(2)18-6-11(4-16-18)13-7-17(5-12(13)8-19)14(20)10(3)15/h4,6,9,12-13,19H,3,5,7-8H2,1-2H3/t12-,13-/m0/s1. The summed E-state index contributed by atoms with van der Waals surface area (Å²) in [4.78, 5) is 13.0. The Bertz CT molecular complexity index is 512. The van der Waals surface area contributed by atoms with E-state index in [2.05, 4.69) is 11.7 Å². The van der Waals surface area contributed by atoms with Crippen molar-refractivity contribution < 1.29 is 14.3 Å². The zero-order chi connectivity index (χ0) is 14.9. The van der Waals surface area contributed by atoms with E-state index >= 15 is 0 Å². The zero-order valence-corrected chi connectivity index (χ0v) is 11.8. The van der Waals surface area contributed by atoms with Crippen molar-refractivity contribution in [3.8, 4) is 0 Å². The van der Waals surface area contributed by atoms with Crippen LogP contribution in [0.25, 0.3) is 0 Å². The van der Waals surface area contributed by atoms with Crippen LogP contribution in [0.1, 0.15) is 31.4 Å². The fourth-order valence-electron chi connectivity index (χ4n) is 2.60. The molecule has 110 valence electrons. The van der Waals surface area contributed by atoms with Gasteiger partial charge in [-0.2, -0.15) is 5.10 Å². The second-order valence-electron chi connectivity index (χ2n) is 5.51. The molecule has 1 N–H and O–H groups in total. The molecule has 1 aromatic rings. The molecule has 1 aliphatic heterocycles. The number of amides is 1. The van der Waals surface area contributed by atoms with Crippen molar-refractivity contribution in [1.82, 2.24) is 14.7 Å². The summed E-state index contributed by atoms with van der Waals surface area (Å²) >= 11 is 0. The Morgan fingerprint density at radius 1 is 1.60 bits per heavy atom. The highest BCUT2D eigenvalue weighted by Gasteiger charge is 2.37. The van der Waals surface area contributed by atoms with Gasteiger partial charge in [-0.15, -0.1) is 0 Å². The number of carbonyl (C=O) groups is 1. The van der Waals surface area contributed by atoms with Crippen molar-refractivity contribution in [2.45, 2.75) is 25.8 Å². The molecule has 1 fully saturated rings. The largest absolute Gasteiger partial charge is 0.396 e. The number of hydrogen-bond donors (Lipinski definition) is 1. The van der Waals surface area contributed by atoms with Crippen LogP contribution in [0.2, 0.25) is 0 Å². The van der Waals surface area contributed by atoms with E-state index in [1.54, 1.807) is 6.20 Å². The fourth-order valence-corrected chi connectivity index (χ4v) is 2.60. The molecule has 1 aliphatic rings. The molecule has 2 heterocycles. The van der Waals surface area contributed by atoms with Crippen LogP contribution in [-0.4, -0.2) is 45.4 Å². The van der Waals surface area contributed by atoms with E-state index in [0.29, 0.717) is 13.1 Å². The Morgan fingerprint density at radius 3 is 2.80 bits per heavy atom. The summed E-state index contributed by atoms with van der Waals surface area (Å²) in [5, 5.41) is 13.7. The van der Waals surface area contributed by atoms with Crippen LogP contribution >= 0.6 is 0 Å². The van der Waals surface area contributed by atoms with Gasteiger partial charge in [0, 0.05) is 43.8 Å². The lowest BCUT2D eigenvalue weighted by Gasteiger charge is -2.14. The Balaban J connectivity index is 2.17. The average Bonchev–Trinajstić information content (AvgIpc) is 3.03. The highest BCUT2D eigenvalue weighted by molar-refractivity contribution is 5.90. The quantitative estimate of drug-likeness (QED) is 0.851. The highest BCUT2D eigenvalue weighted by atomic mass is 19.1. The number of likely N-dealkylation sites (tertiary alicyclic amines) is 1. The van der Waals surface area contributed by atoms with E-state index in [1.165, 1.54) is 4.90 Å². The van der Waals surface area contributed by atoms with Crippen LogP contribution in [0.3, 0.4) is 0 Å². The van der Waals surface area contributed by atoms with E-state index in [-0.39, 0.29) is 24.5 Å². The zero-order valence-electron chi connectivity index (χ0n) is 11.8. The van der Waals surface area contributed by atoms with Crippen molar-refractivity contribution >= 4 is 5.91 Å². The van der Waals surface area contributed by atoms with Gasteiger partial charge in [-0.3, -0.25) is 9.48 Å². The van der Waals surface area contributed by atoms with Gasteiger partial charge in [0.15, 0.2) is 5.83 Å². The third-order valence-corrected chi connectivity index (χ3v) is 3.77. The summed E-state index contributed by atoms with van der Waals surface area (Å²) in [5.41, 5.74) is 0.970. The number of carbonyl (C=O) groups excluding carboxylic acids is 1. The monoisotopic (exact) mass is 281 g/mol. The fraction of sp³-hybridized carbons (Fsp3) is 0.571. The molecule has 1 aromatic heterocycles. The van der Waals surface area contributed by atoms with Crippen molar-refractivity contribution in [2.75, 3.05) is 19.7 Å². The summed E-state index contributed by atoms with van der Waals surface area (Å²) in [6.07, 6.45) is 3.68. The van der Waals surface area contributed by atoms with E-state index in [0.717, 1.165) is 5.56 Å². The first kappa shape index (κ1) is 14.7. The molecule has 0 spiro atoms. The summed E-state index contributed by atoms with van der Waals surface area (Å²) in [7, 11) is 0. The predicted molar refractivity (Wildman–Crippen MR) is 72.8 cm³/mol. The third kappa shape index (κ3) is 2.75. The van der Waals surface area contributed by atoms with Gasteiger partial charge >= 0.3 is 0 Å². The molecule has 1 saturated heterocycles. The van der Waals surface area contributed by atoms with Crippen molar-refractivity contribution in [3.63, 3.8) is 0 Å². The molecule has 1 amide bonds. The minimum absolute atomic E-state index is 0.0178. The van der Waals surface area contributed by atoms with Crippen LogP contribution < -0.4 is 0 Å². The lowest BCUT2D eigenvalue weighted by atomic mass is 9.92. The molecule has 0 saturated carbocycles. The topological polar surface area (TPSA) is 58.4 Å². The molecule has 0 aromatic carbocycles. The number of aliphatic hydroxyl groups excluding tert-OH is 1. The van der Waals surface area contributed by atoms with Gasteiger partial charge in [0.1, 0.15) is 0 Å². The second-order valence-corrected chi connectivity index (χ2v) is 5.51. The molecular formula is C14H20FN3O2. The van der Waals surface area contributed by atoms with Crippen LogP contribution in [-0.2, 0) is 4.79 Å². The Morgan fingerprint density at radius 2 is 2.30 bits per heavy atom. The molecule has 5 nitrogen and oxygen atoms in total. The summed E-state index contributed by atoms with van der Waals surface area (Å²) in [6.45, 7) is 7.78. The van der Waals surface area contributed by atoms with E-state index in [9.17, 15) is 14.3 Å². The first-order valence-corrected chi connectivity index (χ1v) is 6.72. The number of aromatic nitrogens is 2. The lowest BCUT2D eigenvalue weighted by Crippen LogP contribution is -2.29. The first-order chi connectivity index (χ1) is 9.43. The molecule has 6 heteroatoms. The second kappa shape index (κ2) is 5.75. The molecule has 0 radical (unpaired) electrons. The normalized spacial score (nSPS) is 22.6. The minimum atomic E-state index is -0.958. The molecule has 0 bridgehead atoms.